The normalized spacial score (nSPS) is 15.0. The number of hydrogen-bond donors (Lipinski definition) is 5. The Morgan fingerprint density at radius 1 is 1.12 bits per heavy atom. The lowest BCUT2D eigenvalue weighted by molar-refractivity contribution is -0.0959. The summed E-state index contributed by atoms with van der Waals surface area (Å²) < 4.78 is 5.17. The summed E-state index contributed by atoms with van der Waals surface area (Å²) in [7, 11) is 6.97. The number of hydrogen-bond acceptors (Lipinski definition) is 6. The minimum atomic E-state index is -0.826. The minimum absolute atomic E-state index is 0.0213. The third-order valence-corrected chi connectivity index (χ3v) is 3.73. The number of methoxy groups -OCH3 is 1. The quantitative estimate of drug-likeness (QED) is 0.315. The number of aliphatic hydroxyl groups is 2. The highest BCUT2D eigenvalue weighted by molar-refractivity contribution is 5.07. The fourth-order valence-corrected chi connectivity index (χ4v) is 2.54. The van der Waals surface area contributed by atoms with E-state index in [4.69, 9.17) is 4.74 Å². The molecule has 0 saturated heterocycles. The van der Waals surface area contributed by atoms with Gasteiger partial charge in [0.05, 0.1) is 30.9 Å². The molecule has 0 aliphatic carbocycles. The summed E-state index contributed by atoms with van der Waals surface area (Å²) in [5, 5.41) is 28.9. The highest BCUT2D eigenvalue weighted by Gasteiger charge is 2.52. The summed E-state index contributed by atoms with van der Waals surface area (Å²) >= 11 is 0. The van der Waals surface area contributed by atoms with E-state index in [2.05, 4.69) is 16.0 Å². The molecule has 0 aromatic rings. The molecule has 0 spiro atoms. The van der Waals surface area contributed by atoms with Crippen LogP contribution in [0.15, 0.2) is 0 Å². The van der Waals surface area contributed by atoms with E-state index < -0.39 is 11.1 Å². The van der Waals surface area contributed by atoms with Gasteiger partial charge in [-0.2, -0.15) is 0 Å². The standard InChI is InChI=1S/C11H27N3O3/c1-9(12-2)11(13-3,14-4)10(6-15,7-16)8-17-5/h9,12-16H,6-8H2,1-5H3. The van der Waals surface area contributed by atoms with E-state index >= 15 is 0 Å². The summed E-state index contributed by atoms with van der Waals surface area (Å²) in [4.78, 5) is 0. The Balaban J connectivity index is 5.49. The second-order valence-electron chi connectivity index (χ2n) is 4.35. The van der Waals surface area contributed by atoms with Crippen LogP contribution in [0.2, 0.25) is 0 Å². The van der Waals surface area contributed by atoms with Crippen LogP contribution in [0.3, 0.4) is 0 Å². The predicted octanol–water partition coefficient (Wildman–Crippen LogP) is -1.65. The van der Waals surface area contributed by atoms with Gasteiger partial charge in [0.15, 0.2) is 0 Å². The fourth-order valence-electron chi connectivity index (χ4n) is 2.54. The Kier molecular flexibility index (Phi) is 7.15. The molecule has 0 saturated carbocycles. The van der Waals surface area contributed by atoms with Gasteiger partial charge >= 0.3 is 0 Å². The van der Waals surface area contributed by atoms with Crippen LogP contribution in [-0.4, -0.2) is 70.0 Å². The van der Waals surface area contributed by atoms with Gasteiger partial charge in [0, 0.05) is 13.2 Å². The van der Waals surface area contributed by atoms with Crippen molar-refractivity contribution < 1.29 is 14.9 Å². The van der Waals surface area contributed by atoms with E-state index in [9.17, 15) is 10.2 Å². The van der Waals surface area contributed by atoms with Crippen molar-refractivity contribution in [3.05, 3.63) is 0 Å². The summed E-state index contributed by atoms with van der Waals surface area (Å²) in [6.45, 7) is 1.84. The molecule has 17 heavy (non-hydrogen) atoms. The Morgan fingerprint density at radius 3 is 1.82 bits per heavy atom. The maximum Gasteiger partial charge on any atom is 0.0962 e. The molecular formula is C11H27N3O3. The van der Waals surface area contributed by atoms with Crippen LogP contribution in [0, 0.1) is 5.41 Å². The molecule has 0 aromatic heterocycles. The van der Waals surface area contributed by atoms with Crippen LogP contribution in [0.4, 0.5) is 0 Å². The van der Waals surface area contributed by atoms with Crippen LogP contribution in [0.5, 0.6) is 0 Å². The molecule has 0 heterocycles. The second kappa shape index (κ2) is 7.25. The average Bonchev–Trinajstić information content (AvgIpc) is 2.38. The highest BCUT2D eigenvalue weighted by atomic mass is 16.5. The smallest absolute Gasteiger partial charge is 0.0962 e. The van der Waals surface area contributed by atoms with Crippen LogP contribution in [0.25, 0.3) is 0 Å². The van der Waals surface area contributed by atoms with Gasteiger partial charge in [0.2, 0.25) is 0 Å². The van der Waals surface area contributed by atoms with Crippen LogP contribution < -0.4 is 16.0 Å². The molecule has 0 rings (SSSR count). The molecule has 0 fully saturated rings. The molecule has 104 valence electrons. The topological polar surface area (TPSA) is 85.8 Å². The third kappa shape index (κ3) is 2.78. The van der Waals surface area contributed by atoms with Crippen molar-refractivity contribution in [3.8, 4) is 0 Å². The third-order valence-electron chi connectivity index (χ3n) is 3.73. The Morgan fingerprint density at radius 2 is 1.59 bits per heavy atom. The summed E-state index contributed by atoms with van der Waals surface area (Å²) in [6, 6.07) is -0.0213. The van der Waals surface area contributed by atoms with Gasteiger partial charge in [0.25, 0.3) is 0 Å². The molecule has 0 radical (unpaired) electrons. The van der Waals surface area contributed by atoms with Gasteiger partial charge in [-0.15, -0.1) is 0 Å². The van der Waals surface area contributed by atoms with Gasteiger partial charge in [-0.05, 0) is 28.1 Å². The minimum Gasteiger partial charge on any atom is -0.395 e. The van der Waals surface area contributed by atoms with E-state index in [1.54, 1.807) is 21.2 Å². The van der Waals surface area contributed by atoms with Crippen LogP contribution in [-0.2, 0) is 4.74 Å². The van der Waals surface area contributed by atoms with E-state index in [1.165, 1.54) is 0 Å². The van der Waals surface area contributed by atoms with Crippen molar-refractivity contribution in [2.24, 2.45) is 5.41 Å². The Labute approximate surface area is 104 Å². The monoisotopic (exact) mass is 249 g/mol. The molecule has 1 atom stereocenters. The maximum absolute atomic E-state index is 9.70. The molecule has 5 N–H and O–H groups in total. The highest BCUT2D eigenvalue weighted by Crippen LogP contribution is 2.32. The molecule has 0 aromatic carbocycles. The van der Waals surface area contributed by atoms with Crippen molar-refractivity contribution in [1.82, 2.24) is 16.0 Å². The molecule has 0 aliphatic heterocycles. The SMILES string of the molecule is CNC(C)C(NC)(NC)C(CO)(CO)COC. The molecule has 0 aliphatic rings. The lowest BCUT2D eigenvalue weighted by atomic mass is 9.72. The van der Waals surface area contributed by atoms with E-state index in [-0.39, 0.29) is 25.9 Å². The number of aliphatic hydroxyl groups excluding tert-OH is 2. The van der Waals surface area contributed by atoms with Gasteiger partial charge in [-0.3, -0.25) is 0 Å². The number of likely N-dealkylation sites (N-methyl/N-ethyl adjacent to an activating group) is 3. The lowest BCUT2D eigenvalue weighted by Crippen LogP contribution is -2.76. The second-order valence-corrected chi connectivity index (χ2v) is 4.35. The van der Waals surface area contributed by atoms with Gasteiger partial charge in [0.1, 0.15) is 0 Å². The average molecular weight is 249 g/mol. The van der Waals surface area contributed by atoms with Crippen molar-refractivity contribution in [1.29, 1.82) is 0 Å². The lowest BCUT2D eigenvalue weighted by Gasteiger charge is -2.51. The molecule has 1 unspecified atom stereocenters. The number of ether oxygens (including phenoxy) is 1. The van der Waals surface area contributed by atoms with E-state index in [1.807, 2.05) is 14.0 Å². The molecule has 6 nitrogen and oxygen atoms in total. The van der Waals surface area contributed by atoms with Gasteiger partial charge in [-0.1, -0.05) is 0 Å². The number of nitrogens with one attached hydrogen (secondary N) is 3. The van der Waals surface area contributed by atoms with Crippen molar-refractivity contribution in [2.45, 2.75) is 18.6 Å². The summed E-state index contributed by atoms with van der Waals surface area (Å²) in [6.07, 6.45) is 0. The molecule has 6 heteroatoms. The molecule has 0 bridgehead atoms. The maximum atomic E-state index is 9.70. The zero-order valence-electron chi connectivity index (χ0n) is 11.5. The largest absolute Gasteiger partial charge is 0.395 e. The summed E-state index contributed by atoms with van der Waals surface area (Å²) in [5.74, 6) is 0. The van der Waals surface area contributed by atoms with Crippen molar-refractivity contribution >= 4 is 0 Å². The van der Waals surface area contributed by atoms with E-state index in [0.29, 0.717) is 0 Å². The van der Waals surface area contributed by atoms with Gasteiger partial charge in [-0.25, -0.2) is 0 Å². The first kappa shape index (κ1) is 16.8. The molecule has 0 amide bonds. The first-order valence-corrected chi connectivity index (χ1v) is 5.79. The van der Waals surface area contributed by atoms with Crippen molar-refractivity contribution in [3.63, 3.8) is 0 Å². The zero-order valence-corrected chi connectivity index (χ0v) is 11.5. The van der Waals surface area contributed by atoms with Crippen LogP contribution in [0.1, 0.15) is 6.92 Å². The fraction of sp³-hybridized carbons (Fsp3) is 1.00. The summed E-state index contributed by atoms with van der Waals surface area (Å²) in [5.41, 5.74) is -1.51. The van der Waals surface area contributed by atoms with E-state index in [0.717, 1.165) is 0 Å². The zero-order chi connectivity index (χ0) is 13.5. The number of rotatable bonds is 9. The van der Waals surface area contributed by atoms with Crippen molar-refractivity contribution in [2.75, 3.05) is 48.1 Å². The predicted molar refractivity (Wildman–Crippen MR) is 67.9 cm³/mol. The Bertz CT molecular complexity index is 206. The van der Waals surface area contributed by atoms with Gasteiger partial charge < -0.3 is 30.9 Å². The first-order valence-electron chi connectivity index (χ1n) is 5.79. The molecular weight excluding hydrogens is 222 g/mol. The first-order chi connectivity index (χ1) is 8.03. The Hall–Kier alpha value is -0.240. The van der Waals surface area contributed by atoms with Crippen LogP contribution >= 0.6 is 0 Å².